The summed E-state index contributed by atoms with van der Waals surface area (Å²) in [6, 6.07) is 0.569. The normalized spacial score (nSPS) is 11.6. The first-order valence-electron chi connectivity index (χ1n) is 6.51. The lowest BCUT2D eigenvalue weighted by Crippen LogP contribution is -2.24. The molecule has 1 N–H and O–H groups in total. The lowest BCUT2D eigenvalue weighted by Gasteiger charge is -2.09. The molecule has 0 atom stereocenters. The third kappa shape index (κ3) is 13.9. The molecule has 0 aromatic carbocycles. The van der Waals surface area contributed by atoms with Gasteiger partial charge in [0, 0.05) is 19.3 Å². The third-order valence-electron chi connectivity index (χ3n) is 2.23. The fraction of sp³-hybridized carbons (Fsp3) is 1.00. The molecule has 0 saturated heterocycles. The zero-order chi connectivity index (χ0) is 12.2. The summed E-state index contributed by atoms with van der Waals surface area (Å²) in [5.74, 6) is 0.725. The Morgan fingerprint density at radius 3 is 2.06 bits per heavy atom. The fourth-order valence-corrected chi connectivity index (χ4v) is 1.21. The Morgan fingerprint density at radius 1 is 0.875 bits per heavy atom. The Balaban J connectivity index is 2.93. The molecule has 0 aliphatic carbocycles. The second kappa shape index (κ2) is 11.4. The number of hydrogen-bond donors (Lipinski definition) is 1. The lowest BCUT2D eigenvalue weighted by molar-refractivity contribution is 0.0432. The second-order valence-corrected chi connectivity index (χ2v) is 4.87. The summed E-state index contributed by atoms with van der Waals surface area (Å²) < 4.78 is 10.9. The summed E-state index contributed by atoms with van der Waals surface area (Å²) in [4.78, 5) is 0. The molecule has 0 spiro atoms. The summed E-state index contributed by atoms with van der Waals surface area (Å²) in [6.45, 7) is 12.9. The van der Waals surface area contributed by atoms with Crippen molar-refractivity contribution in [1.29, 1.82) is 0 Å². The maximum Gasteiger partial charge on any atom is 0.0700 e. The highest BCUT2D eigenvalue weighted by atomic mass is 16.5. The molecular weight excluding hydrogens is 202 g/mol. The van der Waals surface area contributed by atoms with Crippen molar-refractivity contribution in [2.75, 3.05) is 33.0 Å². The Morgan fingerprint density at radius 2 is 1.50 bits per heavy atom. The van der Waals surface area contributed by atoms with E-state index in [1.54, 1.807) is 0 Å². The molecule has 16 heavy (non-hydrogen) atoms. The molecule has 3 nitrogen and oxygen atoms in total. The number of ether oxygens (including phenoxy) is 2. The first kappa shape index (κ1) is 15.9. The lowest BCUT2D eigenvalue weighted by atomic mass is 10.1. The molecular formula is C13H29NO2. The quantitative estimate of drug-likeness (QED) is 0.554. The predicted molar refractivity (Wildman–Crippen MR) is 68.8 cm³/mol. The Kier molecular flexibility index (Phi) is 11.3. The molecule has 0 heterocycles. The summed E-state index contributed by atoms with van der Waals surface area (Å²) in [6.07, 6.45) is 2.21. The van der Waals surface area contributed by atoms with E-state index in [2.05, 4.69) is 33.0 Å². The van der Waals surface area contributed by atoms with Crippen LogP contribution in [0.1, 0.15) is 40.5 Å². The topological polar surface area (TPSA) is 30.5 Å². The van der Waals surface area contributed by atoms with E-state index in [0.29, 0.717) is 6.04 Å². The maximum absolute atomic E-state index is 5.46. The third-order valence-corrected chi connectivity index (χ3v) is 2.23. The van der Waals surface area contributed by atoms with Gasteiger partial charge < -0.3 is 14.8 Å². The van der Waals surface area contributed by atoms with Gasteiger partial charge in [-0.1, -0.05) is 27.7 Å². The van der Waals surface area contributed by atoms with Crippen LogP contribution in [-0.4, -0.2) is 39.0 Å². The molecule has 0 radical (unpaired) electrons. The van der Waals surface area contributed by atoms with Crippen LogP contribution in [0.3, 0.4) is 0 Å². The van der Waals surface area contributed by atoms with E-state index in [0.717, 1.165) is 51.7 Å². The van der Waals surface area contributed by atoms with E-state index < -0.39 is 0 Å². The minimum absolute atomic E-state index is 0.569. The van der Waals surface area contributed by atoms with E-state index in [4.69, 9.17) is 9.47 Å². The second-order valence-electron chi connectivity index (χ2n) is 4.87. The van der Waals surface area contributed by atoms with Gasteiger partial charge in [-0.3, -0.25) is 0 Å². The van der Waals surface area contributed by atoms with Crippen molar-refractivity contribution in [2.45, 2.75) is 46.6 Å². The van der Waals surface area contributed by atoms with Crippen molar-refractivity contribution < 1.29 is 9.47 Å². The van der Waals surface area contributed by atoms with Gasteiger partial charge in [-0.2, -0.15) is 0 Å². The van der Waals surface area contributed by atoms with Gasteiger partial charge >= 0.3 is 0 Å². The Labute approximate surface area is 101 Å². The molecule has 0 bridgehead atoms. The highest BCUT2D eigenvalue weighted by Gasteiger charge is 1.95. The molecule has 0 aliphatic heterocycles. The van der Waals surface area contributed by atoms with Crippen LogP contribution in [0.5, 0.6) is 0 Å². The van der Waals surface area contributed by atoms with Gasteiger partial charge in [-0.05, 0) is 25.3 Å². The van der Waals surface area contributed by atoms with Crippen LogP contribution in [0.25, 0.3) is 0 Å². The van der Waals surface area contributed by atoms with Crippen LogP contribution in [0.4, 0.5) is 0 Å². The van der Waals surface area contributed by atoms with E-state index in [1.807, 2.05) is 0 Å². The van der Waals surface area contributed by atoms with Crippen LogP contribution in [0.15, 0.2) is 0 Å². The van der Waals surface area contributed by atoms with Crippen molar-refractivity contribution >= 4 is 0 Å². The molecule has 0 fully saturated rings. The van der Waals surface area contributed by atoms with Crippen LogP contribution in [0.2, 0.25) is 0 Å². The molecule has 0 saturated carbocycles. The van der Waals surface area contributed by atoms with E-state index in [-0.39, 0.29) is 0 Å². The SMILES string of the molecule is CC(C)CCOCCOCCCNC(C)C. The van der Waals surface area contributed by atoms with Crippen molar-refractivity contribution in [3.8, 4) is 0 Å². The largest absolute Gasteiger partial charge is 0.379 e. The fourth-order valence-electron chi connectivity index (χ4n) is 1.21. The number of nitrogens with one attached hydrogen (secondary N) is 1. The van der Waals surface area contributed by atoms with Gasteiger partial charge in [0.1, 0.15) is 0 Å². The Bertz CT molecular complexity index is 122. The summed E-state index contributed by atoms with van der Waals surface area (Å²) >= 11 is 0. The van der Waals surface area contributed by atoms with Crippen molar-refractivity contribution in [2.24, 2.45) is 5.92 Å². The van der Waals surface area contributed by atoms with Gasteiger partial charge in [-0.15, -0.1) is 0 Å². The zero-order valence-electron chi connectivity index (χ0n) is 11.4. The van der Waals surface area contributed by atoms with Crippen molar-refractivity contribution in [3.63, 3.8) is 0 Å². The van der Waals surface area contributed by atoms with Crippen LogP contribution >= 0.6 is 0 Å². The van der Waals surface area contributed by atoms with Gasteiger partial charge in [0.05, 0.1) is 13.2 Å². The molecule has 0 aromatic rings. The summed E-state index contributed by atoms with van der Waals surface area (Å²) in [7, 11) is 0. The van der Waals surface area contributed by atoms with Crippen molar-refractivity contribution in [1.82, 2.24) is 5.32 Å². The van der Waals surface area contributed by atoms with Gasteiger partial charge in [-0.25, -0.2) is 0 Å². The minimum atomic E-state index is 0.569. The standard InChI is InChI=1S/C13H29NO2/c1-12(2)6-9-16-11-10-15-8-5-7-14-13(3)4/h12-14H,5-11H2,1-4H3. The molecule has 0 aliphatic rings. The summed E-state index contributed by atoms with van der Waals surface area (Å²) in [5.41, 5.74) is 0. The van der Waals surface area contributed by atoms with Crippen molar-refractivity contribution in [3.05, 3.63) is 0 Å². The van der Waals surface area contributed by atoms with Gasteiger partial charge in [0.25, 0.3) is 0 Å². The van der Waals surface area contributed by atoms with E-state index in [9.17, 15) is 0 Å². The van der Waals surface area contributed by atoms with Gasteiger partial charge in [0.2, 0.25) is 0 Å². The van der Waals surface area contributed by atoms with Gasteiger partial charge in [0.15, 0.2) is 0 Å². The number of rotatable bonds is 11. The summed E-state index contributed by atoms with van der Waals surface area (Å²) in [5, 5.41) is 3.36. The van der Waals surface area contributed by atoms with Crippen LogP contribution in [-0.2, 0) is 9.47 Å². The minimum Gasteiger partial charge on any atom is -0.379 e. The monoisotopic (exact) mass is 231 g/mol. The van der Waals surface area contributed by atoms with E-state index in [1.165, 1.54) is 0 Å². The number of hydrogen-bond acceptors (Lipinski definition) is 3. The molecule has 0 unspecified atom stereocenters. The maximum atomic E-state index is 5.46. The van der Waals surface area contributed by atoms with Crippen LogP contribution < -0.4 is 5.32 Å². The zero-order valence-corrected chi connectivity index (χ0v) is 11.4. The highest BCUT2D eigenvalue weighted by Crippen LogP contribution is 1.98. The smallest absolute Gasteiger partial charge is 0.0700 e. The first-order chi connectivity index (χ1) is 7.63. The molecule has 3 heteroatoms. The average Bonchev–Trinajstić information content (AvgIpc) is 2.20. The molecule has 0 aromatic heterocycles. The first-order valence-corrected chi connectivity index (χ1v) is 6.51. The Hall–Kier alpha value is -0.120. The molecule has 0 amide bonds. The van der Waals surface area contributed by atoms with Crippen LogP contribution in [0, 0.1) is 5.92 Å². The molecule has 98 valence electrons. The highest BCUT2D eigenvalue weighted by molar-refractivity contribution is 4.51. The van der Waals surface area contributed by atoms with E-state index >= 15 is 0 Å². The average molecular weight is 231 g/mol. The molecule has 0 rings (SSSR count). The predicted octanol–water partition coefficient (Wildman–Crippen LogP) is 2.45.